The Morgan fingerprint density at radius 1 is 1.33 bits per heavy atom. The summed E-state index contributed by atoms with van der Waals surface area (Å²) in [6.07, 6.45) is 9.45. The van der Waals surface area contributed by atoms with Crippen LogP contribution in [0.15, 0.2) is 36.8 Å². The molecular weight excluding hydrogens is 376 g/mol. The zero-order valence-corrected chi connectivity index (χ0v) is 18.2. The van der Waals surface area contributed by atoms with Gasteiger partial charge in [-0.15, -0.1) is 0 Å². The number of pyridine rings is 2. The van der Waals surface area contributed by atoms with Gasteiger partial charge in [0.1, 0.15) is 29.7 Å². The fraction of sp³-hybridized carbons (Fsp3) is 0.458. The number of unbranched alkanes of at least 4 members (excludes halogenated alkanes) is 1. The predicted molar refractivity (Wildman–Crippen MR) is 117 cm³/mol. The number of hydrogen-bond donors (Lipinski definition) is 1. The highest BCUT2D eigenvalue weighted by atomic mass is 16.5. The van der Waals surface area contributed by atoms with Crippen molar-refractivity contribution in [1.29, 1.82) is 5.26 Å². The molecule has 0 aliphatic rings. The molecule has 0 amide bonds. The van der Waals surface area contributed by atoms with Crippen LogP contribution in [0.5, 0.6) is 5.75 Å². The van der Waals surface area contributed by atoms with E-state index < -0.39 is 5.60 Å². The third-order valence-corrected chi connectivity index (χ3v) is 5.21. The summed E-state index contributed by atoms with van der Waals surface area (Å²) in [6, 6.07) is 8.15. The number of hydrogen-bond acceptors (Lipinski definition) is 5. The molecule has 0 saturated carbocycles. The Labute approximate surface area is 178 Å². The van der Waals surface area contributed by atoms with Crippen LogP contribution in [0.4, 0.5) is 0 Å². The minimum atomic E-state index is -0.940. The molecule has 0 aromatic carbocycles. The summed E-state index contributed by atoms with van der Waals surface area (Å²) in [5.74, 6) is 0.933. The molecule has 0 bridgehead atoms. The Bertz CT molecular complexity index is 1030. The molecule has 0 fully saturated rings. The SMILES string of the molecule is CCCCC(CC)c1cc(OCC(C)(C)O)cn2nc(-c3cccnc3)c(C#N)c12. The Balaban J connectivity index is 2.20. The molecule has 0 aliphatic carbocycles. The zero-order chi connectivity index (χ0) is 21.7. The summed E-state index contributed by atoms with van der Waals surface area (Å²) in [5.41, 5.74) is 2.95. The van der Waals surface area contributed by atoms with E-state index in [1.807, 2.05) is 18.2 Å². The van der Waals surface area contributed by atoms with Crippen molar-refractivity contribution < 1.29 is 9.84 Å². The van der Waals surface area contributed by atoms with Crippen LogP contribution in [0.2, 0.25) is 0 Å². The van der Waals surface area contributed by atoms with E-state index in [2.05, 4.69) is 24.9 Å². The van der Waals surface area contributed by atoms with Gasteiger partial charge in [-0.05, 0) is 56.4 Å². The number of ether oxygens (including phenoxy) is 1. The lowest BCUT2D eigenvalue weighted by molar-refractivity contribution is 0.0283. The minimum Gasteiger partial charge on any atom is -0.489 e. The predicted octanol–water partition coefficient (Wildman–Crippen LogP) is 5.10. The van der Waals surface area contributed by atoms with Crippen LogP contribution in [0.25, 0.3) is 16.8 Å². The lowest BCUT2D eigenvalue weighted by atomic mass is 9.89. The molecule has 6 heteroatoms. The molecular formula is C24H30N4O2. The van der Waals surface area contributed by atoms with Crippen LogP contribution in [0.1, 0.15) is 70.4 Å². The van der Waals surface area contributed by atoms with Crippen molar-refractivity contribution in [2.75, 3.05) is 6.61 Å². The molecule has 3 heterocycles. The van der Waals surface area contributed by atoms with Crippen molar-refractivity contribution in [3.8, 4) is 23.1 Å². The molecule has 0 aliphatic heterocycles. The molecule has 3 aromatic rings. The Kier molecular flexibility index (Phi) is 6.73. The maximum absolute atomic E-state index is 10.1. The number of aromatic nitrogens is 3. The molecule has 1 N–H and O–H groups in total. The Morgan fingerprint density at radius 3 is 2.73 bits per heavy atom. The maximum atomic E-state index is 10.1. The van der Waals surface area contributed by atoms with Crippen molar-refractivity contribution in [3.63, 3.8) is 0 Å². The Morgan fingerprint density at radius 2 is 2.13 bits per heavy atom. The first-order valence-electron chi connectivity index (χ1n) is 10.6. The lowest BCUT2D eigenvalue weighted by Crippen LogP contribution is -2.28. The van der Waals surface area contributed by atoms with Crippen molar-refractivity contribution in [3.05, 3.63) is 47.9 Å². The normalized spacial score (nSPS) is 12.7. The molecule has 3 rings (SSSR count). The maximum Gasteiger partial charge on any atom is 0.138 e. The average Bonchev–Trinajstić information content (AvgIpc) is 3.11. The van der Waals surface area contributed by atoms with Gasteiger partial charge in [0.2, 0.25) is 0 Å². The van der Waals surface area contributed by atoms with Gasteiger partial charge in [-0.2, -0.15) is 10.4 Å². The van der Waals surface area contributed by atoms with Gasteiger partial charge in [-0.25, -0.2) is 4.52 Å². The number of fused-ring (bicyclic) bond motifs is 1. The molecule has 1 atom stereocenters. The van der Waals surface area contributed by atoms with Gasteiger partial charge < -0.3 is 9.84 Å². The van der Waals surface area contributed by atoms with E-state index in [1.165, 1.54) is 0 Å². The highest BCUT2D eigenvalue weighted by Gasteiger charge is 2.23. The standard InChI is InChI=1S/C24H30N4O2/c1-5-7-9-17(6-2)20-12-19(30-16-24(3,4)29)15-28-23(20)21(13-25)22(27-28)18-10-8-11-26-14-18/h8,10-12,14-15,17,29H,5-7,9,16H2,1-4H3. The summed E-state index contributed by atoms with van der Waals surface area (Å²) in [4.78, 5) is 4.18. The zero-order valence-electron chi connectivity index (χ0n) is 18.2. The molecule has 0 spiro atoms. The summed E-state index contributed by atoms with van der Waals surface area (Å²) in [6.45, 7) is 7.96. The van der Waals surface area contributed by atoms with Crippen LogP contribution in [0.3, 0.4) is 0 Å². The second-order valence-electron chi connectivity index (χ2n) is 8.35. The second-order valence-corrected chi connectivity index (χ2v) is 8.35. The highest BCUT2D eigenvalue weighted by molar-refractivity contribution is 5.79. The van der Waals surface area contributed by atoms with Gasteiger partial charge in [-0.3, -0.25) is 4.98 Å². The molecule has 6 nitrogen and oxygen atoms in total. The first-order valence-corrected chi connectivity index (χ1v) is 10.6. The van der Waals surface area contributed by atoms with E-state index in [0.29, 0.717) is 22.9 Å². The summed E-state index contributed by atoms with van der Waals surface area (Å²) in [5, 5.41) is 24.8. The largest absolute Gasteiger partial charge is 0.489 e. The minimum absolute atomic E-state index is 0.172. The van der Waals surface area contributed by atoms with E-state index in [4.69, 9.17) is 9.84 Å². The van der Waals surface area contributed by atoms with Gasteiger partial charge in [0.05, 0.1) is 17.3 Å². The molecule has 158 valence electrons. The van der Waals surface area contributed by atoms with E-state index in [1.54, 1.807) is 37.0 Å². The number of aliphatic hydroxyl groups is 1. The lowest BCUT2D eigenvalue weighted by Gasteiger charge is -2.21. The second kappa shape index (κ2) is 9.27. The first-order chi connectivity index (χ1) is 14.4. The van der Waals surface area contributed by atoms with E-state index in [-0.39, 0.29) is 6.61 Å². The monoisotopic (exact) mass is 406 g/mol. The molecule has 3 aromatic heterocycles. The fourth-order valence-electron chi connectivity index (χ4n) is 3.67. The third-order valence-electron chi connectivity index (χ3n) is 5.21. The topological polar surface area (TPSA) is 83.4 Å². The molecule has 0 saturated heterocycles. The number of nitrogens with zero attached hydrogens (tertiary/aromatic N) is 4. The third kappa shape index (κ3) is 4.80. The summed E-state index contributed by atoms with van der Waals surface area (Å²) >= 11 is 0. The van der Waals surface area contributed by atoms with E-state index in [0.717, 1.165) is 42.3 Å². The van der Waals surface area contributed by atoms with Gasteiger partial charge in [0.15, 0.2) is 0 Å². The van der Waals surface area contributed by atoms with Crippen LogP contribution < -0.4 is 4.74 Å². The fourth-order valence-corrected chi connectivity index (χ4v) is 3.67. The van der Waals surface area contributed by atoms with Crippen molar-refractivity contribution in [2.24, 2.45) is 0 Å². The summed E-state index contributed by atoms with van der Waals surface area (Å²) in [7, 11) is 0. The highest BCUT2D eigenvalue weighted by Crippen LogP contribution is 2.36. The van der Waals surface area contributed by atoms with E-state index >= 15 is 0 Å². The van der Waals surface area contributed by atoms with Crippen molar-refractivity contribution in [2.45, 2.75) is 64.9 Å². The van der Waals surface area contributed by atoms with Gasteiger partial charge in [0.25, 0.3) is 0 Å². The smallest absolute Gasteiger partial charge is 0.138 e. The molecule has 30 heavy (non-hydrogen) atoms. The van der Waals surface area contributed by atoms with Crippen LogP contribution in [-0.2, 0) is 0 Å². The quantitative estimate of drug-likeness (QED) is 0.534. The summed E-state index contributed by atoms with van der Waals surface area (Å²) < 4.78 is 7.66. The van der Waals surface area contributed by atoms with Gasteiger partial charge in [0, 0.05) is 18.0 Å². The number of nitriles is 1. The van der Waals surface area contributed by atoms with Crippen molar-refractivity contribution >= 4 is 5.52 Å². The van der Waals surface area contributed by atoms with Crippen LogP contribution in [-0.4, -0.2) is 31.9 Å². The van der Waals surface area contributed by atoms with E-state index in [9.17, 15) is 10.4 Å². The molecule has 0 radical (unpaired) electrons. The van der Waals surface area contributed by atoms with Crippen LogP contribution >= 0.6 is 0 Å². The van der Waals surface area contributed by atoms with Gasteiger partial charge >= 0.3 is 0 Å². The van der Waals surface area contributed by atoms with Gasteiger partial charge in [-0.1, -0.05) is 26.7 Å². The van der Waals surface area contributed by atoms with Crippen LogP contribution in [0, 0.1) is 11.3 Å². The average molecular weight is 407 g/mol. The molecule has 1 unspecified atom stereocenters. The number of rotatable bonds is 9. The first kappa shape index (κ1) is 21.8. The Hall–Kier alpha value is -2.91. The van der Waals surface area contributed by atoms with Crippen molar-refractivity contribution in [1.82, 2.24) is 14.6 Å².